The molecule has 4 heterocycles. The van der Waals surface area contributed by atoms with Gasteiger partial charge in [-0.15, -0.1) is 0 Å². The first-order valence-electron chi connectivity index (χ1n) is 7.64. The molecule has 118 valence electrons. The van der Waals surface area contributed by atoms with Gasteiger partial charge in [0.05, 0.1) is 11.3 Å². The van der Waals surface area contributed by atoms with Crippen LogP contribution in [0.1, 0.15) is 19.3 Å². The predicted molar refractivity (Wildman–Crippen MR) is 85.7 cm³/mol. The lowest BCUT2D eigenvalue weighted by molar-refractivity contribution is 0.577. The molecule has 0 radical (unpaired) electrons. The first-order chi connectivity index (χ1) is 11.2. The average molecular weight is 312 g/mol. The Kier molecular flexibility index (Phi) is 3.22. The van der Waals surface area contributed by atoms with Crippen LogP contribution in [0.4, 0.5) is 5.69 Å². The summed E-state index contributed by atoms with van der Waals surface area (Å²) in [6.07, 6.45) is 8.36. The second-order valence-corrected chi connectivity index (χ2v) is 5.64. The maximum atomic E-state index is 12.0. The van der Waals surface area contributed by atoms with E-state index in [1.165, 1.54) is 12.6 Å². The molecule has 0 unspecified atom stereocenters. The maximum absolute atomic E-state index is 12.0. The molecule has 8 heteroatoms. The molecule has 0 aromatic carbocycles. The van der Waals surface area contributed by atoms with Crippen molar-refractivity contribution in [2.75, 3.05) is 18.0 Å². The summed E-state index contributed by atoms with van der Waals surface area (Å²) in [6.45, 7) is 1.93. The standard InChI is InChI=1S/C15H16N6O2/c22-14-10(9-17-15(23)18-14)11-8-12(20-5-2-1-3-6-20)13-16-4-7-21(13)19-11/h4,7-9H,1-3,5-6H2,(H2,17,18,22,23). The summed E-state index contributed by atoms with van der Waals surface area (Å²) < 4.78 is 1.67. The number of piperidine rings is 1. The van der Waals surface area contributed by atoms with Gasteiger partial charge >= 0.3 is 5.69 Å². The summed E-state index contributed by atoms with van der Waals surface area (Å²) in [4.78, 5) is 34.6. The molecule has 1 fully saturated rings. The third kappa shape index (κ3) is 2.41. The molecule has 2 N–H and O–H groups in total. The smallest absolute Gasteiger partial charge is 0.325 e. The Morgan fingerprint density at radius 3 is 2.74 bits per heavy atom. The Bertz CT molecular complexity index is 964. The molecule has 1 saturated heterocycles. The number of nitrogens with one attached hydrogen (secondary N) is 2. The lowest BCUT2D eigenvalue weighted by atomic mass is 10.1. The van der Waals surface area contributed by atoms with Crippen LogP contribution in [0.15, 0.2) is 34.2 Å². The van der Waals surface area contributed by atoms with Crippen LogP contribution in [0.3, 0.4) is 0 Å². The van der Waals surface area contributed by atoms with Crippen LogP contribution < -0.4 is 16.1 Å². The van der Waals surface area contributed by atoms with E-state index in [1.54, 1.807) is 16.9 Å². The van der Waals surface area contributed by atoms with Crippen molar-refractivity contribution in [3.63, 3.8) is 0 Å². The highest BCUT2D eigenvalue weighted by molar-refractivity contribution is 5.74. The van der Waals surface area contributed by atoms with Crippen LogP contribution in [-0.4, -0.2) is 37.7 Å². The van der Waals surface area contributed by atoms with E-state index >= 15 is 0 Å². The number of nitrogens with zero attached hydrogens (tertiary/aromatic N) is 4. The summed E-state index contributed by atoms with van der Waals surface area (Å²) >= 11 is 0. The fraction of sp³-hybridized carbons (Fsp3) is 0.333. The molecular weight excluding hydrogens is 296 g/mol. The number of imidazole rings is 1. The zero-order chi connectivity index (χ0) is 15.8. The van der Waals surface area contributed by atoms with Gasteiger partial charge in [0.1, 0.15) is 5.69 Å². The molecule has 3 aromatic heterocycles. The van der Waals surface area contributed by atoms with Crippen LogP contribution >= 0.6 is 0 Å². The van der Waals surface area contributed by atoms with Gasteiger partial charge in [-0.3, -0.25) is 9.78 Å². The quantitative estimate of drug-likeness (QED) is 0.728. The Balaban J connectivity index is 1.90. The summed E-state index contributed by atoms with van der Waals surface area (Å²) in [6, 6.07) is 1.87. The topological polar surface area (TPSA) is 99.2 Å². The van der Waals surface area contributed by atoms with Gasteiger partial charge < -0.3 is 9.88 Å². The number of rotatable bonds is 2. The minimum absolute atomic E-state index is 0.332. The summed E-state index contributed by atoms with van der Waals surface area (Å²) in [5.41, 5.74) is 1.60. The number of H-pyrrole nitrogens is 2. The molecule has 0 atom stereocenters. The van der Waals surface area contributed by atoms with Crippen LogP contribution in [0.25, 0.3) is 16.9 Å². The number of hydrogen-bond donors (Lipinski definition) is 2. The van der Waals surface area contributed by atoms with E-state index in [9.17, 15) is 9.59 Å². The second-order valence-electron chi connectivity index (χ2n) is 5.64. The number of anilines is 1. The van der Waals surface area contributed by atoms with Crippen molar-refractivity contribution >= 4 is 11.3 Å². The SMILES string of the molecule is O=c1[nH]cc(-c2cc(N3CCCCC3)c3nccn3n2)c(=O)[nH]1. The normalized spacial score (nSPS) is 15.2. The van der Waals surface area contributed by atoms with Crippen LogP contribution in [0.2, 0.25) is 0 Å². The second kappa shape index (κ2) is 5.38. The Labute approximate surface area is 130 Å². The highest BCUT2D eigenvalue weighted by atomic mass is 16.2. The fourth-order valence-corrected chi connectivity index (χ4v) is 3.00. The van der Waals surface area contributed by atoms with E-state index in [-0.39, 0.29) is 0 Å². The van der Waals surface area contributed by atoms with E-state index in [4.69, 9.17) is 0 Å². The van der Waals surface area contributed by atoms with Crippen LogP contribution in [0.5, 0.6) is 0 Å². The molecule has 4 rings (SSSR count). The molecule has 23 heavy (non-hydrogen) atoms. The number of aromatic amines is 2. The van der Waals surface area contributed by atoms with Crippen molar-refractivity contribution in [3.05, 3.63) is 45.5 Å². The minimum Gasteiger partial charge on any atom is -0.368 e. The molecule has 0 amide bonds. The summed E-state index contributed by atoms with van der Waals surface area (Å²) in [5.74, 6) is 0. The van der Waals surface area contributed by atoms with Crippen molar-refractivity contribution in [1.82, 2.24) is 24.6 Å². The lowest BCUT2D eigenvalue weighted by Gasteiger charge is -2.29. The highest BCUT2D eigenvalue weighted by Gasteiger charge is 2.18. The van der Waals surface area contributed by atoms with Gasteiger partial charge in [0.2, 0.25) is 0 Å². The first kappa shape index (κ1) is 13.7. The van der Waals surface area contributed by atoms with Crippen molar-refractivity contribution in [2.24, 2.45) is 0 Å². The van der Waals surface area contributed by atoms with E-state index in [0.29, 0.717) is 11.3 Å². The molecule has 3 aromatic rings. The molecule has 0 spiro atoms. The van der Waals surface area contributed by atoms with Crippen LogP contribution in [0, 0.1) is 0 Å². The zero-order valence-corrected chi connectivity index (χ0v) is 12.5. The third-order valence-electron chi connectivity index (χ3n) is 4.13. The van der Waals surface area contributed by atoms with Gasteiger partial charge in [-0.1, -0.05) is 0 Å². The molecule has 0 saturated carbocycles. The van der Waals surface area contributed by atoms with Crippen molar-refractivity contribution in [2.45, 2.75) is 19.3 Å². The molecular formula is C15H16N6O2. The summed E-state index contributed by atoms with van der Waals surface area (Å²) in [5, 5.41) is 4.44. The minimum atomic E-state index is -0.529. The molecule has 0 aliphatic carbocycles. The number of aromatic nitrogens is 5. The van der Waals surface area contributed by atoms with Crippen molar-refractivity contribution in [1.29, 1.82) is 0 Å². The van der Waals surface area contributed by atoms with Crippen molar-refractivity contribution < 1.29 is 0 Å². The third-order valence-corrected chi connectivity index (χ3v) is 4.13. The highest BCUT2D eigenvalue weighted by Crippen LogP contribution is 2.27. The Hall–Kier alpha value is -2.90. The van der Waals surface area contributed by atoms with Gasteiger partial charge in [0.25, 0.3) is 5.56 Å². The van der Waals surface area contributed by atoms with Crippen molar-refractivity contribution in [3.8, 4) is 11.3 Å². The zero-order valence-electron chi connectivity index (χ0n) is 12.5. The molecule has 8 nitrogen and oxygen atoms in total. The Morgan fingerprint density at radius 2 is 1.96 bits per heavy atom. The number of hydrogen-bond acceptors (Lipinski definition) is 5. The summed E-state index contributed by atoms with van der Waals surface area (Å²) in [7, 11) is 0. The number of fused-ring (bicyclic) bond motifs is 1. The van der Waals surface area contributed by atoms with E-state index in [2.05, 4.69) is 25.0 Å². The lowest BCUT2D eigenvalue weighted by Crippen LogP contribution is -2.30. The van der Waals surface area contributed by atoms with Gasteiger partial charge in [-0.25, -0.2) is 14.3 Å². The average Bonchev–Trinajstić information content (AvgIpc) is 3.03. The van der Waals surface area contributed by atoms with Gasteiger partial charge in [0.15, 0.2) is 5.65 Å². The van der Waals surface area contributed by atoms with Gasteiger partial charge in [-0.2, -0.15) is 5.10 Å². The monoisotopic (exact) mass is 312 g/mol. The molecule has 1 aliphatic heterocycles. The molecule has 1 aliphatic rings. The molecule has 0 bridgehead atoms. The Morgan fingerprint density at radius 1 is 1.13 bits per heavy atom. The predicted octanol–water partition coefficient (Wildman–Crippen LogP) is 0.763. The van der Waals surface area contributed by atoms with Crippen LogP contribution in [-0.2, 0) is 0 Å². The van der Waals surface area contributed by atoms with E-state index in [0.717, 1.165) is 37.3 Å². The van der Waals surface area contributed by atoms with Gasteiger partial charge in [-0.05, 0) is 25.3 Å². The first-order valence-corrected chi connectivity index (χ1v) is 7.64. The maximum Gasteiger partial charge on any atom is 0.325 e. The van der Waals surface area contributed by atoms with E-state index < -0.39 is 11.2 Å². The van der Waals surface area contributed by atoms with E-state index in [1.807, 2.05) is 6.07 Å². The largest absolute Gasteiger partial charge is 0.368 e. The fourth-order valence-electron chi connectivity index (χ4n) is 3.00. The van der Waals surface area contributed by atoms with Gasteiger partial charge in [0, 0.05) is 31.7 Å².